The molecule has 9 heteroatoms. The molecule has 2 saturated heterocycles. The lowest BCUT2D eigenvalue weighted by molar-refractivity contribution is -0.132. The van der Waals surface area contributed by atoms with E-state index in [4.69, 9.17) is 0 Å². The molecule has 3 rings (SSSR count). The Balaban J connectivity index is 0.00000243. The fourth-order valence-electron chi connectivity index (χ4n) is 3.76. The monoisotopic (exact) mass is 405 g/mol. The van der Waals surface area contributed by atoms with Crippen LogP contribution in [0.3, 0.4) is 0 Å². The number of carbonyl (C=O) groups excluding carboxylic acids is 1. The number of hydrogen-bond acceptors (Lipinski definition) is 4. The number of amides is 1. The van der Waals surface area contributed by atoms with Crippen molar-refractivity contribution in [2.24, 2.45) is 0 Å². The van der Waals surface area contributed by atoms with Gasteiger partial charge < -0.3 is 10.2 Å². The molecule has 1 aromatic rings. The van der Waals surface area contributed by atoms with Crippen molar-refractivity contribution in [1.82, 2.24) is 14.9 Å². The van der Waals surface area contributed by atoms with Gasteiger partial charge in [0.05, 0.1) is 0 Å². The predicted octanol–water partition coefficient (Wildman–Crippen LogP) is 1.66. The molecule has 0 spiro atoms. The molecule has 0 saturated carbocycles. The number of rotatable bonds is 6. The lowest BCUT2D eigenvalue weighted by atomic mass is 9.98. The van der Waals surface area contributed by atoms with E-state index in [0.717, 1.165) is 31.7 Å². The fourth-order valence-corrected chi connectivity index (χ4v) is 4.86. The van der Waals surface area contributed by atoms with E-state index in [-0.39, 0.29) is 37.3 Å². The molecule has 0 radical (unpaired) electrons. The second-order valence-corrected chi connectivity index (χ2v) is 8.58. The van der Waals surface area contributed by atoms with Gasteiger partial charge in [-0.2, -0.15) is 0 Å². The van der Waals surface area contributed by atoms with Crippen molar-refractivity contribution < 1.29 is 17.6 Å². The van der Waals surface area contributed by atoms with Crippen molar-refractivity contribution in [2.75, 3.05) is 13.6 Å². The molecule has 1 amide bonds. The standard InChI is InChI=1S/C17H24FN3O3S.ClH/c1-21(14-10-12-6-7-13(11-14)20-12)17(22)8-9-19-25(23,24)16-5-3-2-4-15(16)18;/h2-5,12-14,19-20H,6-11H2,1H3;1H. The topological polar surface area (TPSA) is 78.5 Å². The van der Waals surface area contributed by atoms with Crippen LogP contribution in [-0.4, -0.2) is 50.9 Å². The Labute approximate surface area is 160 Å². The van der Waals surface area contributed by atoms with E-state index in [1.807, 2.05) is 0 Å². The minimum Gasteiger partial charge on any atom is -0.343 e. The first kappa shape index (κ1) is 21.1. The number of piperidine rings is 1. The van der Waals surface area contributed by atoms with Gasteiger partial charge in [0.15, 0.2) is 0 Å². The molecule has 1 aromatic carbocycles. The highest BCUT2D eigenvalue weighted by Gasteiger charge is 2.36. The first-order valence-electron chi connectivity index (χ1n) is 8.63. The van der Waals surface area contributed by atoms with E-state index in [0.29, 0.717) is 12.1 Å². The minimum absolute atomic E-state index is 0. The molecule has 2 heterocycles. The van der Waals surface area contributed by atoms with Gasteiger partial charge in [0, 0.05) is 38.1 Å². The van der Waals surface area contributed by atoms with E-state index in [1.54, 1.807) is 11.9 Å². The van der Waals surface area contributed by atoms with Crippen LogP contribution in [0.1, 0.15) is 32.1 Å². The summed E-state index contributed by atoms with van der Waals surface area (Å²) in [6, 6.07) is 6.36. The summed E-state index contributed by atoms with van der Waals surface area (Å²) >= 11 is 0. The average molecular weight is 406 g/mol. The Bertz CT molecular complexity index is 735. The third-order valence-electron chi connectivity index (χ3n) is 5.15. The Hall–Kier alpha value is -1.22. The van der Waals surface area contributed by atoms with Crippen molar-refractivity contribution in [3.63, 3.8) is 0 Å². The van der Waals surface area contributed by atoms with Gasteiger partial charge in [0.1, 0.15) is 10.7 Å². The number of fused-ring (bicyclic) bond motifs is 2. The van der Waals surface area contributed by atoms with Crippen LogP contribution in [-0.2, 0) is 14.8 Å². The highest BCUT2D eigenvalue weighted by molar-refractivity contribution is 7.89. The van der Waals surface area contributed by atoms with Gasteiger partial charge in [-0.15, -0.1) is 12.4 Å². The number of carbonyl (C=O) groups is 1. The highest BCUT2D eigenvalue weighted by Crippen LogP contribution is 2.29. The summed E-state index contributed by atoms with van der Waals surface area (Å²) in [6.07, 6.45) is 4.26. The Morgan fingerprint density at radius 3 is 2.50 bits per heavy atom. The van der Waals surface area contributed by atoms with Crippen molar-refractivity contribution in [3.05, 3.63) is 30.1 Å². The smallest absolute Gasteiger partial charge is 0.243 e. The van der Waals surface area contributed by atoms with Gasteiger partial charge in [0.2, 0.25) is 15.9 Å². The maximum atomic E-state index is 13.6. The van der Waals surface area contributed by atoms with Crippen molar-refractivity contribution in [3.8, 4) is 0 Å². The second kappa shape index (κ2) is 8.65. The SMILES string of the molecule is CN(C(=O)CCNS(=O)(=O)c1ccccc1F)C1CC2CCC(C1)N2.Cl. The number of benzene rings is 1. The Kier molecular flexibility index (Phi) is 7.01. The lowest BCUT2D eigenvalue weighted by Crippen LogP contribution is -2.49. The van der Waals surface area contributed by atoms with Crippen molar-refractivity contribution in [2.45, 2.75) is 55.1 Å². The van der Waals surface area contributed by atoms with Gasteiger partial charge in [-0.25, -0.2) is 17.5 Å². The van der Waals surface area contributed by atoms with Crippen LogP contribution < -0.4 is 10.0 Å². The van der Waals surface area contributed by atoms with E-state index in [2.05, 4.69) is 10.0 Å². The molecular weight excluding hydrogens is 381 g/mol. The molecule has 26 heavy (non-hydrogen) atoms. The van der Waals surface area contributed by atoms with Crippen molar-refractivity contribution >= 4 is 28.3 Å². The van der Waals surface area contributed by atoms with E-state index in [9.17, 15) is 17.6 Å². The largest absolute Gasteiger partial charge is 0.343 e. The lowest BCUT2D eigenvalue weighted by Gasteiger charge is -2.35. The van der Waals surface area contributed by atoms with E-state index < -0.39 is 20.7 Å². The van der Waals surface area contributed by atoms with Crippen LogP contribution in [0.5, 0.6) is 0 Å². The maximum absolute atomic E-state index is 13.6. The summed E-state index contributed by atoms with van der Waals surface area (Å²) in [4.78, 5) is 13.7. The first-order valence-corrected chi connectivity index (χ1v) is 10.1. The first-order chi connectivity index (χ1) is 11.9. The van der Waals surface area contributed by atoms with E-state index in [1.165, 1.54) is 18.2 Å². The molecule has 146 valence electrons. The van der Waals surface area contributed by atoms with Crippen LogP contribution in [0.2, 0.25) is 0 Å². The number of nitrogens with zero attached hydrogens (tertiary/aromatic N) is 1. The Morgan fingerprint density at radius 1 is 1.27 bits per heavy atom. The van der Waals surface area contributed by atoms with Gasteiger partial charge in [-0.3, -0.25) is 4.79 Å². The van der Waals surface area contributed by atoms with Crippen LogP contribution in [0.15, 0.2) is 29.2 Å². The molecule has 2 bridgehead atoms. The third kappa shape index (κ3) is 4.73. The highest BCUT2D eigenvalue weighted by atomic mass is 35.5. The summed E-state index contributed by atoms with van der Waals surface area (Å²) in [7, 11) is -2.17. The van der Waals surface area contributed by atoms with Crippen LogP contribution >= 0.6 is 12.4 Å². The van der Waals surface area contributed by atoms with Crippen LogP contribution in [0.25, 0.3) is 0 Å². The molecule has 2 unspecified atom stereocenters. The zero-order chi connectivity index (χ0) is 18.0. The Morgan fingerprint density at radius 2 is 1.88 bits per heavy atom. The molecule has 6 nitrogen and oxygen atoms in total. The van der Waals surface area contributed by atoms with E-state index >= 15 is 0 Å². The molecule has 2 atom stereocenters. The second-order valence-electron chi connectivity index (χ2n) is 6.85. The summed E-state index contributed by atoms with van der Waals surface area (Å²) in [6.45, 7) is -0.0440. The van der Waals surface area contributed by atoms with Gasteiger partial charge >= 0.3 is 0 Å². The number of sulfonamides is 1. The molecule has 2 aliphatic heterocycles. The molecular formula is C17H25ClFN3O3S. The number of hydrogen-bond donors (Lipinski definition) is 2. The molecule has 2 N–H and O–H groups in total. The van der Waals surface area contributed by atoms with Gasteiger partial charge in [-0.05, 0) is 37.8 Å². The molecule has 0 aliphatic carbocycles. The normalized spacial score (nSPS) is 24.8. The molecule has 2 aliphatic rings. The summed E-state index contributed by atoms with van der Waals surface area (Å²) in [5.74, 6) is -0.897. The fraction of sp³-hybridized carbons (Fsp3) is 0.588. The number of halogens is 2. The van der Waals surface area contributed by atoms with Crippen molar-refractivity contribution in [1.29, 1.82) is 0 Å². The van der Waals surface area contributed by atoms with Crippen LogP contribution in [0, 0.1) is 5.82 Å². The average Bonchev–Trinajstić information content (AvgIpc) is 2.92. The predicted molar refractivity (Wildman–Crippen MR) is 99.2 cm³/mol. The summed E-state index contributed by atoms with van der Waals surface area (Å²) < 4.78 is 40.2. The zero-order valence-electron chi connectivity index (χ0n) is 14.7. The maximum Gasteiger partial charge on any atom is 0.243 e. The summed E-state index contributed by atoms with van der Waals surface area (Å²) in [5, 5.41) is 3.54. The summed E-state index contributed by atoms with van der Waals surface area (Å²) in [5.41, 5.74) is 0. The zero-order valence-corrected chi connectivity index (χ0v) is 16.3. The minimum atomic E-state index is -3.95. The van der Waals surface area contributed by atoms with Crippen LogP contribution in [0.4, 0.5) is 4.39 Å². The van der Waals surface area contributed by atoms with Gasteiger partial charge in [-0.1, -0.05) is 12.1 Å². The number of nitrogens with one attached hydrogen (secondary N) is 2. The molecule has 0 aromatic heterocycles. The third-order valence-corrected chi connectivity index (χ3v) is 6.64. The van der Waals surface area contributed by atoms with Gasteiger partial charge in [0.25, 0.3) is 0 Å². The molecule has 2 fully saturated rings. The quantitative estimate of drug-likeness (QED) is 0.754.